The Morgan fingerprint density at radius 1 is 1.21 bits per heavy atom. The molecule has 1 atom stereocenters. The summed E-state index contributed by atoms with van der Waals surface area (Å²) in [5.41, 5.74) is 0.715. The zero-order valence-electron chi connectivity index (χ0n) is 18.3. The lowest BCUT2D eigenvalue weighted by atomic mass is 10.0. The first-order valence-corrected chi connectivity index (χ1v) is 10.7. The smallest absolute Gasteiger partial charge is 0.407 e. The van der Waals surface area contributed by atoms with E-state index in [-0.39, 0.29) is 30.6 Å². The standard InChI is InChI=1S/C23H25N3O7/c1-25(23(31)32)12-3-2-4-13-33-14-6-8-15-7-5-9-16-19(15)22(30)26(21(16)29)17-10-11-18(27)24-20(17)28/h5,7,9,17H,2-4,10-14H2,1H3,(H,31,32)(H,24,27,28). The number of piperidine rings is 1. The molecule has 1 saturated heterocycles. The second kappa shape index (κ2) is 10.7. The minimum atomic E-state index is -1.02. The van der Waals surface area contributed by atoms with Gasteiger partial charge in [-0.2, -0.15) is 0 Å². The average Bonchev–Trinajstić information content (AvgIpc) is 3.03. The van der Waals surface area contributed by atoms with E-state index in [4.69, 9.17) is 9.84 Å². The van der Waals surface area contributed by atoms with Gasteiger partial charge in [-0.25, -0.2) is 4.79 Å². The highest BCUT2D eigenvalue weighted by atomic mass is 16.5. The number of fused-ring (bicyclic) bond motifs is 1. The second-order valence-electron chi connectivity index (χ2n) is 7.79. The maximum absolute atomic E-state index is 13.0. The fourth-order valence-corrected chi connectivity index (χ4v) is 3.70. The lowest BCUT2D eigenvalue weighted by molar-refractivity contribution is -0.136. The Hall–Kier alpha value is -3.71. The van der Waals surface area contributed by atoms with E-state index in [0.29, 0.717) is 18.7 Å². The van der Waals surface area contributed by atoms with Crippen molar-refractivity contribution in [2.75, 3.05) is 26.8 Å². The molecule has 2 aliphatic heterocycles. The zero-order chi connectivity index (χ0) is 24.0. The Morgan fingerprint density at radius 2 is 2.00 bits per heavy atom. The van der Waals surface area contributed by atoms with E-state index in [1.165, 1.54) is 18.0 Å². The summed E-state index contributed by atoms with van der Waals surface area (Å²) in [6.07, 6.45) is 1.54. The van der Waals surface area contributed by atoms with E-state index < -0.39 is 35.8 Å². The van der Waals surface area contributed by atoms with Crippen LogP contribution in [0.5, 0.6) is 0 Å². The lowest BCUT2D eigenvalue weighted by Gasteiger charge is -2.27. The number of hydrogen-bond acceptors (Lipinski definition) is 6. The van der Waals surface area contributed by atoms with E-state index in [0.717, 1.165) is 24.2 Å². The fraction of sp³-hybridized carbons (Fsp3) is 0.435. The molecule has 0 aliphatic carbocycles. The summed E-state index contributed by atoms with van der Waals surface area (Å²) in [5.74, 6) is 3.45. The maximum atomic E-state index is 13.0. The minimum absolute atomic E-state index is 0.0596. The van der Waals surface area contributed by atoms with Gasteiger partial charge in [0.2, 0.25) is 11.8 Å². The molecule has 3 rings (SSSR count). The van der Waals surface area contributed by atoms with E-state index in [9.17, 15) is 24.0 Å². The van der Waals surface area contributed by atoms with E-state index in [1.54, 1.807) is 12.1 Å². The number of nitrogens with one attached hydrogen (secondary N) is 1. The van der Waals surface area contributed by atoms with Gasteiger partial charge in [-0.15, -0.1) is 0 Å². The molecule has 0 bridgehead atoms. The number of carboxylic acid groups (broad SMARTS) is 1. The Bertz CT molecular complexity index is 1040. The van der Waals surface area contributed by atoms with Crippen molar-refractivity contribution in [2.45, 2.75) is 38.1 Å². The van der Waals surface area contributed by atoms with Gasteiger partial charge in [-0.1, -0.05) is 17.9 Å². The van der Waals surface area contributed by atoms with Crippen molar-refractivity contribution in [2.24, 2.45) is 0 Å². The van der Waals surface area contributed by atoms with Gasteiger partial charge >= 0.3 is 6.09 Å². The van der Waals surface area contributed by atoms with Gasteiger partial charge in [-0.05, 0) is 37.8 Å². The summed E-state index contributed by atoms with van der Waals surface area (Å²) in [6.45, 7) is 1.08. The number of carbonyl (C=O) groups excluding carboxylic acids is 4. The van der Waals surface area contributed by atoms with Gasteiger partial charge < -0.3 is 14.7 Å². The summed E-state index contributed by atoms with van der Waals surface area (Å²) in [6, 6.07) is 3.75. The maximum Gasteiger partial charge on any atom is 0.407 e. The van der Waals surface area contributed by atoms with Gasteiger partial charge in [-0.3, -0.25) is 29.4 Å². The van der Waals surface area contributed by atoms with Crippen LogP contribution in [0, 0.1) is 11.8 Å². The molecule has 174 valence electrons. The van der Waals surface area contributed by atoms with Crippen molar-refractivity contribution in [3.05, 3.63) is 34.9 Å². The first-order chi connectivity index (χ1) is 15.8. The molecule has 33 heavy (non-hydrogen) atoms. The third-order valence-corrected chi connectivity index (χ3v) is 5.47. The second-order valence-corrected chi connectivity index (χ2v) is 7.79. The summed E-state index contributed by atoms with van der Waals surface area (Å²) in [7, 11) is 1.52. The quantitative estimate of drug-likeness (QED) is 0.342. The van der Waals surface area contributed by atoms with Gasteiger partial charge in [0, 0.05) is 32.2 Å². The zero-order valence-corrected chi connectivity index (χ0v) is 18.3. The third kappa shape index (κ3) is 5.56. The predicted molar refractivity (Wildman–Crippen MR) is 115 cm³/mol. The Labute approximate surface area is 190 Å². The first-order valence-electron chi connectivity index (χ1n) is 10.7. The number of amides is 5. The molecule has 0 saturated carbocycles. The topological polar surface area (TPSA) is 133 Å². The Balaban J connectivity index is 1.54. The summed E-state index contributed by atoms with van der Waals surface area (Å²) < 4.78 is 5.47. The average molecular weight is 455 g/mol. The highest BCUT2D eigenvalue weighted by Gasteiger charge is 2.45. The van der Waals surface area contributed by atoms with Crippen LogP contribution in [0.4, 0.5) is 4.79 Å². The van der Waals surface area contributed by atoms with E-state index in [1.807, 2.05) is 0 Å². The van der Waals surface area contributed by atoms with Crippen LogP contribution in [0.15, 0.2) is 18.2 Å². The minimum Gasteiger partial charge on any atom is -0.465 e. The van der Waals surface area contributed by atoms with Crippen molar-refractivity contribution in [3.63, 3.8) is 0 Å². The number of unbranched alkanes of at least 4 members (excludes halogenated alkanes) is 2. The van der Waals surface area contributed by atoms with Crippen molar-refractivity contribution in [1.82, 2.24) is 15.1 Å². The van der Waals surface area contributed by atoms with Crippen LogP contribution in [-0.2, 0) is 14.3 Å². The van der Waals surface area contributed by atoms with Gasteiger partial charge in [0.1, 0.15) is 12.6 Å². The number of hydrogen-bond donors (Lipinski definition) is 2. The van der Waals surface area contributed by atoms with Crippen molar-refractivity contribution < 1.29 is 33.8 Å². The number of imide groups is 2. The van der Waals surface area contributed by atoms with Crippen LogP contribution < -0.4 is 5.32 Å². The number of carbonyl (C=O) groups is 5. The fourth-order valence-electron chi connectivity index (χ4n) is 3.70. The van der Waals surface area contributed by atoms with E-state index in [2.05, 4.69) is 17.2 Å². The molecule has 2 N–H and O–H groups in total. The van der Waals surface area contributed by atoms with Crippen LogP contribution >= 0.6 is 0 Å². The predicted octanol–water partition coefficient (Wildman–Crippen LogP) is 1.24. The number of ether oxygens (including phenoxy) is 1. The van der Waals surface area contributed by atoms with Crippen LogP contribution in [0.1, 0.15) is 58.4 Å². The Morgan fingerprint density at radius 3 is 2.73 bits per heavy atom. The monoisotopic (exact) mass is 455 g/mol. The first kappa shape index (κ1) is 23.9. The van der Waals surface area contributed by atoms with Crippen molar-refractivity contribution in [3.8, 4) is 11.8 Å². The van der Waals surface area contributed by atoms with Gasteiger partial charge in [0.05, 0.1) is 11.1 Å². The SMILES string of the molecule is CN(CCCCCOCC#Cc1cccc2c1C(=O)N(C1CCC(=O)NC1=O)C2=O)C(=O)O. The molecule has 0 radical (unpaired) electrons. The van der Waals surface area contributed by atoms with Crippen LogP contribution in [0.25, 0.3) is 0 Å². The molecule has 2 heterocycles. The van der Waals surface area contributed by atoms with Crippen LogP contribution in [-0.4, -0.2) is 77.5 Å². The lowest BCUT2D eigenvalue weighted by Crippen LogP contribution is -2.54. The molecule has 1 aromatic carbocycles. The molecule has 1 unspecified atom stereocenters. The molecule has 0 spiro atoms. The largest absolute Gasteiger partial charge is 0.465 e. The molecule has 0 aromatic heterocycles. The molecule has 5 amide bonds. The van der Waals surface area contributed by atoms with Crippen molar-refractivity contribution >= 4 is 29.7 Å². The van der Waals surface area contributed by atoms with Crippen LogP contribution in [0.3, 0.4) is 0 Å². The highest BCUT2D eigenvalue weighted by molar-refractivity contribution is 6.24. The van der Waals surface area contributed by atoms with Crippen molar-refractivity contribution in [1.29, 1.82) is 0 Å². The molecule has 10 nitrogen and oxygen atoms in total. The van der Waals surface area contributed by atoms with E-state index >= 15 is 0 Å². The molecule has 1 fully saturated rings. The third-order valence-electron chi connectivity index (χ3n) is 5.47. The Kier molecular flexibility index (Phi) is 7.79. The molecular formula is C23H25N3O7. The summed E-state index contributed by atoms with van der Waals surface area (Å²) in [4.78, 5) is 62.2. The molecule has 2 aliphatic rings. The van der Waals surface area contributed by atoms with Gasteiger partial charge in [0.25, 0.3) is 11.8 Å². The highest BCUT2D eigenvalue weighted by Crippen LogP contribution is 2.29. The molecule has 1 aromatic rings. The normalized spacial score (nSPS) is 17.4. The molecule has 10 heteroatoms. The van der Waals surface area contributed by atoms with Gasteiger partial charge in [0.15, 0.2) is 0 Å². The number of benzene rings is 1. The number of rotatable bonds is 8. The number of nitrogens with zero attached hydrogens (tertiary/aromatic N) is 2. The summed E-state index contributed by atoms with van der Waals surface area (Å²) in [5, 5.41) is 10.9. The van der Waals surface area contributed by atoms with Crippen LogP contribution in [0.2, 0.25) is 0 Å². The summed E-state index contributed by atoms with van der Waals surface area (Å²) >= 11 is 0. The molecular weight excluding hydrogens is 430 g/mol.